The molecule has 1 aromatic carbocycles. The number of imidazole rings is 1. The molecule has 1 amide bonds. The third-order valence-electron chi connectivity index (χ3n) is 4.45. The standard InChI is InChI=1S/C20H21F3N4O2/c1-3-5-6-12-9-13(10-14(19(24)28)18(12)20(21,22)23)15-11-27-16(25-15)7-8-17(26-27)29-4-2/h7-11H,3-6H2,1-2H3,(H2,24,28). The van der Waals surface area contributed by atoms with E-state index in [4.69, 9.17) is 10.5 Å². The van der Waals surface area contributed by atoms with Gasteiger partial charge in [0.2, 0.25) is 11.8 Å². The zero-order chi connectivity index (χ0) is 21.2. The molecule has 154 valence electrons. The van der Waals surface area contributed by atoms with Crippen LogP contribution >= 0.6 is 0 Å². The summed E-state index contributed by atoms with van der Waals surface area (Å²) in [5.74, 6) is -0.727. The average molecular weight is 406 g/mol. The minimum absolute atomic E-state index is 0.0330. The summed E-state index contributed by atoms with van der Waals surface area (Å²) in [5.41, 5.74) is 5.06. The Morgan fingerprint density at radius 3 is 2.62 bits per heavy atom. The fraction of sp³-hybridized carbons (Fsp3) is 0.350. The SMILES string of the molecule is CCCCc1cc(-c2cn3nc(OCC)ccc3n2)cc(C(N)=O)c1C(F)(F)F. The van der Waals surface area contributed by atoms with Crippen molar-refractivity contribution in [2.45, 2.75) is 39.3 Å². The molecule has 2 heterocycles. The molecule has 2 N–H and O–H groups in total. The summed E-state index contributed by atoms with van der Waals surface area (Å²) in [5, 5.41) is 4.26. The summed E-state index contributed by atoms with van der Waals surface area (Å²) in [6.45, 7) is 4.16. The molecule has 29 heavy (non-hydrogen) atoms. The van der Waals surface area contributed by atoms with Gasteiger partial charge >= 0.3 is 6.18 Å². The minimum Gasteiger partial charge on any atom is -0.477 e. The van der Waals surface area contributed by atoms with E-state index in [0.29, 0.717) is 42.2 Å². The van der Waals surface area contributed by atoms with Crippen molar-refractivity contribution in [1.82, 2.24) is 14.6 Å². The summed E-state index contributed by atoms with van der Waals surface area (Å²) in [6, 6.07) is 5.92. The number of primary amides is 1. The van der Waals surface area contributed by atoms with Gasteiger partial charge in [-0.25, -0.2) is 9.50 Å². The summed E-state index contributed by atoms with van der Waals surface area (Å²) >= 11 is 0. The Balaban J connectivity index is 2.17. The summed E-state index contributed by atoms with van der Waals surface area (Å²) < 4.78 is 47.8. The van der Waals surface area contributed by atoms with Gasteiger partial charge in [0, 0.05) is 11.6 Å². The largest absolute Gasteiger partial charge is 0.477 e. The van der Waals surface area contributed by atoms with Crippen molar-refractivity contribution in [1.29, 1.82) is 0 Å². The van der Waals surface area contributed by atoms with Gasteiger partial charge in [-0.1, -0.05) is 13.3 Å². The van der Waals surface area contributed by atoms with Crippen LogP contribution in [-0.4, -0.2) is 27.1 Å². The first-order valence-corrected chi connectivity index (χ1v) is 9.28. The first-order valence-electron chi connectivity index (χ1n) is 9.28. The molecule has 0 atom stereocenters. The predicted octanol–water partition coefficient (Wildman–Crippen LogP) is 4.26. The van der Waals surface area contributed by atoms with E-state index >= 15 is 0 Å². The number of ether oxygens (including phenoxy) is 1. The van der Waals surface area contributed by atoms with E-state index < -0.39 is 23.2 Å². The maximum atomic E-state index is 13.7. The predicted molar refractivity (Wildman–Crippen MR) is 102 cm³/mol. The number of amides is 1. The van der Waals surface area contributed by atoms with E-state index in [1.807, 2.05) is 13.8 Å². The lowest BCUT2D eigenvalue weighted by atomic mass is 9.92. The quantitative estimate of drug-likeness (QED) is 0.636. The number of benzene rings is 1. The number of nitrogens with zero attached hydrogens (tertiary/aromatic N) is 3. The molecule has 0 saturated carbocycles. The van der Waals surface area contributed by atoms with Crippen LogP contribution in [0.1, 0.15) is 48.2 Å². The lowest BCUT2D eigenvalue weighted by molar-refractivity contribution is -0.138. The van der Waals surface area contributed by atoms with Gasteiger partial charge in [0.1, 0.15) is 0 Å². The maximum absolute atomic E-state index is 13.7. The maximum Gasteiger partial charge on any atom is 0.417 e. The van der Waals surface area contributed by atoms with E-state index in [1.165, 1.54) is 10.6 Å². The van der Waals surface area contributed by atoms with Crippen molar-refractivity contribution in [2.24, 2.45) is 5.73 Å². The lowest BCUT2D eigenvalue weighted by Gasteiger charge is -2.17. The smallest absolute Gasteiger partial charge is 0.417 e. The number of halogens is 3. The molecule has 0 unspecified atom stereocenters. The molecule has 9 heteroatoms. The van der Waals surface area contributed by atoms with Crippen molar-refractivity contribution in [2.75, 3.05) is 6.61 Å². The van der Waals surface area contributed by atoms with Crippen LogP contribution in [0.2, 0.25) is 0 Å². The number of fused-ring (bicyclic) bond motifs is 1. The molecular weight excluding hydrogens is 385 g/mol. The number of aryl methyl sites for hydroxylation is 1. The zero-order valence-electron chi connectivity index (χ0n) is 16.1. The number of unbranched alkanes of at least 4 members (excludes halogenated alkanes) is 1. The fourth-order valence-corrected chi connectivity index (χ4v) is 3.17. The number of alkyl halides is 3. The van der Waals surface area contributed by atoms with E-state index in [9.17, 15) is 18.0 Å². The number of nitrogens with two attached hydrogens (primary N) is 1. The molecule has 0 aliphatic heterocycles. The fourth-order valence-electron chi connectivity index (χ4n) is 3.17. The second kappa shape index (κ2) is 8.10. The molecule has 0 aliphatic rings. The molecule has 2 aromatic heterocycles. The van der Waals surface area contributed by atoms with E-state index in [-0.39, 0.29) is 12.0 Å². The molecule has 0 fully saturated rings. The molecule has 0 bridgehead atoms. The van der Waals surface area contributed by atoms with Crippen LogP contribution in [0.15, 0.2) is 30.5 Å². The Morgan fingerprint density at radius 1 is 1.24 bits per heavy atom. The Bertz CT molecular complexity index is 1040. The molecular formula is C20H21F3N4O2. The van der Waals surface area contributed by atoms with E-state index in [0.717, 1.165) is 6.07 Å². The molecule has 0 radical (unpaired) electrons. The highest BCUT2D eigenvalue weighted by atomic mass is 19.4. The van der Waals surface area contributed by atoms with Gasteiger partial charge in [0.05, 0.1) is 29.6 Å². The number of hydrogen-bond donors (Lipinski definition) is 1. The number of carbonyl (C=O) groups is 1. The highest BCUT2D eigenvalue weighted by Gasteiger charge is 2.37. The van der Waals surface area contributed by atoms with Gasteiger partial charge in [0.15, 0.2) is 5.65 Å². The lowest BCUT2D eigenvalue weighted by Crippen LogP contribution is -2.21. The Hall–Kier alpha value is -3.10. The third-order valence-corrected chi connectivity index (χ3v) is 4.45. The highest BCUT2D eigenvalue weighted by Crippen LogP contribution is 2.38. The monoisotopic (exact) mass is 406 g/mol. The van der Waals surface area contributed by atoms with Crippen LogP contribution in [0.25, 0.3) is 16.9 Å². The first-order chi connectivity index (χ1) is 13.7. The van der Waals surface area contributed by atoms with Crippen molar-refractivity contribution < 1.29 is 22.7 Å². The van der Waals surface area contributed by atoms with Crippen molar-refractivity contribution in [3.05, 3.63) is 47.2 Å². The van der Waals surface area contributed by atoms with E-state index in [2.05, 4.69) is 10.1 Å². The van der Waals surface area contributed by atoms with Crippen LogP contribution in [0.5, 0.6) is 5.88 Å². The van der Waals surface area contributed by atoms with Gasteiger partial charge in [-0.2, -0.15) is 13.2 Å². The molecule has 3 aromatic rings. The van der Waals surface area contributed by atoms with Crippen molar-refractivity contribution in [3.8, 4) is 17.1 Å². The molecule has 3 rings (SSSR count). The summed E-state index contributed by atoms with van der Waals surface area (Å²) in [6.07, 6.45) is -1.66. The summed E-state index contributed by atoms with van der Waals surface area (Å²) in [7, 11) is 0. The van der Waals surface area contributed by atoms with Gasteiger partial charge in [-0.3, -0.25) is 4.79 Å². The van der Waals surface area contributed by atoms with E-state index in [1.54, 1.807) is 18.3 Å². The second-order valence-corrected chi connectivity index (χ2v) is 6.56. The van der Waals surface area contributed by atoms with Crippen LogP contribution in [0, 0.1) is 0 Å². The van der Waals surface area contributed by atoms with Gasteiger partial charge < -0.3 is 10.5 Å². The highest BCUT2D eigenvalue weighted by molar-refractivity contribution is 5.96. The van der Waals surface area contributed by atoms with Crippen molar-refractivity contribution >= 4 is 11.6 Å². The number of carbonyl (C=O) groups excluding carboxylic acids is 1. The Morgan fingerprint density at radius 2 is 2.00 bits per heavy atom. The topological polar surface area (TPSA) is 82.5 Å². The normalized spacial score (nSPS) is 11.8. The number of rotatable bonds is 7. The second-order valence-electron chi connectivity index (χ2n) is 6.56. The first kappa shape index (κ1) is 20.6. The number of aromatic nitrogens is 3. The van der Waals surface area contributed by atoms with Crippen LogP contribution < -0.4 is 10.5 Å². The molecule has 6 nitrogen and oxygen atoms in total. The van der Waals surface area contributed by atoms with Crippen LogP contribution in [-0.2, 0) is 12.6 Å². The molecule has 0 spiro atoms. The molecule has 0 aliphatic carbocycles. The third kappa shape index (κ3) is 4.33. The zero-order valence-corrected chi connectivity index (χ0v) is 16.1. The van der Waals surface area contributed by atoms with Crippen LogP contribution in [0.3, 0.4) is 0 Å². The Labute approximate surface area is 165 Å². The van der Waals surface area contributed by atoms with Gasteiger partial charge in [-0.05, 0) is 43.5 Å². The van der Waals surface area contributed by atoms with Crippen molar-refractivity contribution in [3.63, 3.8) is 0 Å². The average Bonchev–Trinajstić information content (AvgIpc) is 3.08. The Kier molecular flexibility index (Phi) is 5.76. The van der Waals surface area contributed by atoms with Gasteiger partial charge in [0.25, 0.3) is 0 Å². The molecule has 0 saturated heterocycles. The number of hydrogen-bond acceptors (Lipinski definition) is 4. The minimum atomic E-state index is -4.68. The van der Waals surface area contributed by atoms with Gasteiger partial charge in [-0.15, -0.1) is 5.10 Å². The van der Waals surface area contributed by atoms with Crippen LogP contribution in [0.4, 0.5) is 13.2 Å². The summed E-state index contributed by atoms with van der Waals surface area (Å²) in [4.78, 5) is 16.2.